The standard InChI is InChI=1S/C22H27NO4/c1-25-19-6-4-5-16(13-19)7-12-22(24)23(18-8-9-18)15-17-14-20(26-2)10-11-21(17)27-3/h4-6,10-11,13-14,18H,7-9,12,15H2,1-3H3. The summed E-state index contributed by atoms with van der Waals surface area (Å²) in [6, 6.07) is 13.9. The van der Waals surface area contributed by atoms with Crippen LogP contribution in [-0.2, 0) is 17.8 Å². The first kappa shape index (κ1) is 19.1. The van der Waals surface area contributed by atoms with Crippen LogP contribution in [0.3, 0.4) is 0 Å². The van der Waals surface area contributed by atoms with Crippen molar-refractivity contribution in [2.75, 3.05) is 21.3 Å². The van der Waals surface area contributed by atoms with Crippen LogP contribution < -0.4 is 14.2 Å². The molecule has 0 radical (unpaired) electrons. The Bertz CT molecular complexity index is 786. The molecule has 3 rings (SSSR count). The maximum absolute atomic E-state index is 12.9. The van der Waals surface area contributed by atoms with Crippen molar-refractivity contribution in [2.45, 2.75) is 38.3 Å². The minimum absolute atomic E-state index is 0.171. The van der Waals surface area contributed by atoms with Crippen LogP contribution >= 0.6 is 0 Å². The number of hydrogen-bond donors (Lipinski definition) is 0. The minimum Gasteiger partial charge on any atom is -0.497 e. The van der Waals surface area contributed by atoms with Gasteiger partial charge in [0.1, 0.15) is 17.2 Å². The van der Waals surface area contributed by atoms with E-state index in [4.69, 9.17) is 14.2 Å². The number of aryl methyl sites for hydroxylation is 1. The van der Waals surface area contributed by atoms with Crippen LogP contribution in [0, 0.1) is 0 Å². The first-order valence-electron chi connectivity index (χ1n) is 9.28. The second-order valence-corrected chi connectivity index (χ2v) is 6.78. The molecule has 0 aromatic heterocycles. The van der Waals surface area contributed by atoms with Gasteiger partial charge in [0.2, 0.25) is 5.91 Å². The Morgan fingerprint density at radius 1 is 1.00 bits per heavy atom. The summed E-state index contributed by atoms with van der Waals surface area (Å²) in [7, 11) is 4.95. The first-order chi connectivity index (χ1) is 13.1. The minimum atomic E-state index is 0.171. The molecular weight excluding hydrogens is 342 g/mol. The zero-order valence-corrected chi connectivity index (χ0v) is 16.2. The molecule has 144 valence electrons. The molecule has 5 heteroatoms. The summed E-state index contributed by atoms with van der Waals surface area (Å²) >= 11 is 0. The van der Waals surface area contributed by atoms with E-state index in [9.17, 15) is 4.79 Å². The fourth-order valence-electron chi connectivity index (χ4n) is 3.22. The van der Waals surface area contributed by atoms with Crippen LogP contribution in [0.4, 0.5) is 0 Å². The number of hydrogen-bond acceptors (Lipinski definition) is 4. The molecule has 27 heavy (non-hydrogen) atoms. The van der Waals surface area contributed by atoms with Gasteiger partial charge in [-0.25, -0.2) is 0 Å². The summed E-state index contributed by atoms with van der Waals surface area (Å²) in [6.45, 7) is 0.544. The van der Waals surface area contributed by atoms with Crippen molar-refractivity contribution >= 4 is 5.91 Å². The van der Waals surface area contributed by atoms with E-state index in [0.29, 0.717) is 25.4 Å². The Balaban J connectivity index is 1.69. The molecule has 5 nitrogen and oxygen atoms in total. The summed E-state index contributed by atoms with van der Waals surface area (Å²) in [6.07, 6.45) is 3.32. The highest BCUT2D eigenvalue weighted by molar-refractivity contribution is 5.77. The van der Waals surface area contributed by atoms with Crippen molar-refractivity contribution in [1.82, 2.24) is 4.90 Å². The number of ether oxygens (including phenoxy) is 3. The van der Waals surface area contributed by atoms with E-state index in [0.717, 1.165) is 41.2 Å². The van der Waals surface area contributed by atoms with Crippen LogP contribution in [0.1, 0.15) is 30.4 Å². The van der Waals surface area contributed by atoms with Gasteiger partial charge < -0.3 is 19.1 Å². The summed E-state index contributed by atoms with van der Waals surface area (Å²) < 4.78 is 16.1. The fraction of sp³-hybridized carbons (Fsp3) is 0.409. The second-order valence-electron chi connectivity index (χ2n) is 6.78. The smallest absolute Gasteiger partial charge is 0.223 e. The number of methoxy groups -OCH3 is 3. The third-order valence-corrected chi connectivity index (χ3v) is 4.90. The van der Waals surface area contributed by atoms with Crippen LogP contribution in [0.5, 0.6) is 17.2 Å². The molecule has 0 aliphatic heterocycles. The molecule has 1 saturated carbocycles. The average molecular weight is 369 g/mol. The molecule has 1 fully saturated rings. The van der Waals surface area contributed by atoms with Crippen LogP contribution in [0.15, 0.2) is 42.5 Å². The zero-order valence-electron chi connectivity index (χ0n) is 16.2. The van der Waals surface area contributed by atoms with Gasteiger partial charge in [-0.1, -0.05) is 12.1 Å². The average Bonchev–Trinajstić information content (AvgIpc) is 3.55. The predicted octanol–water partition coefficient (Wildman–Crippen LogP) is 3.84. The van der Waals surface area contributed by atoms with Crippen LogP contribution in [0.2, 0.25) is 0 Å². The number of rotatable bonds is 9. The van der Waals surface area contributed by atoms with Gasteiger partial charge in [0.15, 0.2) is 0 Å². The van der Waals surface area contributed by atoms with Gasteiger partial charge >= 0.3 is 0 Å². The van der Waals surface area contributed by atoms with Gasteiger partial charge in [0, 0.05) is 24.6 Å². The third-order valence-electron chi connectivity index (χ3n) is 4.90. The Hall–Kier alpha value is -2.69. The lowest BCUT2D eigenvalue weighted by molar-refractivity contribution is -0.132. The van der Waals surface area contributed by atoms with Gasteiger partial charge in [0.25, 0.3) is 0 Å². The molecule has 0 spiro atoms. The van der Waals surface area contributed by atoms with E-state index in [1.54, 1.807) is 21.3 Å². The molecule has 2 aromatic carbocycles. The Morgan fingerprint density at radius 2 is 1.74 bits per heavy atom. The summed E-state index contributed by atoms with van der Waals surface area (Å²) in [5.41, 5.74) is 2.08. The van der Waals surface area contributed by atoms with Crippen molar-refractivity contribution in [1.29, 1.82) is 0 Å². The van der Waals surface area contributed by atoms with E-state index < -0.39 is 0 Å². The highest BCUT2D eigenvalue weighted by Crippen LogP contribution is 2.32. The normalized spacial score (nSPS) is 13.1. The third kappa shape index (κ3) is 4.94. The molecular formula is C22H27NO4. The molecule has 1 aliphatic rings. The van der Waals surface area contributed by atoms with Crippen molar-refractivity contribution in [2.24, 2.45) is 0 Å². The molecule has 0 unspecified atom stereocenters. The Kier molecular flexibility index (Phi) is 6.22. The lowest BCUT2D eigenvalue weighted by Gasteiger charge is -2.24. The first-order valence-corrected chi connectivity index (χ1v) is 9.28. The van der Waals surface area contributed by atoms with Crippen LogP contribution in [0.25, 0.3) is 0 Å². The highest BCUT2D eigenvalue weighted by atomic mass is 16.5. The van der Waals surface area contributed by atoms with Gasteiger partial charge in [-0.2, -0.15) is 0 Å². The number of amides is 1. The Labute approximate surface area is 160 Å². The second kappa shape index (κ2) is 8.80. The predicted molar refractivity (Wildman–Crippen MR) is 104 cm³/mol. The molecule has 0 N–H and O–H groups in total. The van der Waals surface area contributed by atoms with Crippen molar-refractivity contribution in [3.63, 3.8) is 0 Å². The maximum atomic E-state index is 12.9. The molecule has 0 bridgehead atoms. The summed E-state index contributed by atoms with van der Waals surface area (Å²) in [4.78, 5) is 14.9. The lowest BCUT2D eigenvalue weighted by Crippen LogP contribution is -2.32. The number of carbonyl (C=O) groups is 1. The number of nitrogens with zero attached hydrogens (tertiary/aromatic N) is 1. The SMILES string of the molecule is COc1cccc(CCC(=O)N(Cc2cc(OC)ccc2OC)C2CC2)c1. The van der Waals surface area contributed by atoms with Gasteiger partial charge in [-0.15, -0.1) is 0 Å². The molecule has 1 amide bonds. The fourth-order valence-corrected chi connectivity index (χ4v) is 3.22. The molecule has 0 saturated heterocycles. The quantitative estimate of drug-likeness (QED) is 0.674. The Morgan fingerprint density at radius 3 is 2.41 bits per heavy atom. The molecule has 2 aromatic rings. The zero-order chi connectivity index (χ0) is 19.2. The van der Waals surface area contributed by atoms with Gasteiger partial charge in [-0.05, 0) is 55.2 Å². The maximum Gasteiger partial charge on any atom is 0.223 e. The number of carbonyl (C=O) groups excluding carboxylic acids is 1. The highest BCUT2D eigenvalue weighted by Gasteiger charge is 2.32. The molecule has 0 heterocycles. The molecule has 0 atom stereocenters. The van der Waals surface area contributed by atoms with E-state index in [2.05, 4.69) is 0 Å². The summed E-state index contributed by atoms with van der Waals surface area (Å²) in [5, 5.41) is 0. The monoisotopic (exact) mass is 369 g/mol. The van der Waals surface area contributed by atoms with E-state index in [-0.39, 0.29) is 5.91 Å². The van der Waals surface area contributed by atoms with Gasteiger partial charge in [0.05, 0.1) is 21.3 Å². The van der Waals surface area contributed by atoms with Crippen molar-refractivity contribution < 1.29 is 19.0 Å². The van der Waals surface area contributed by atoms with E-state index in [1.807, 2.05) is 47.4 Å². The van der Waals surface area contributed by atoms with Crippen LogP contribution in [-0.4, -0.2) is 38.2 Å². The molecule has 1 aliphatic carbocycles. The van der Waals surface area contributed by atoms with Gasteiger partial charge in [-0.3, -0.25) is 4.79 Å². The summed E-state index contributed by atoms with van der Waals surface area (Å²) in [5.74, 6) is 2.54. The largest absolute Gasteiger partial charge is 0.497 e. The number of benzene rings is 2. The van der Waals surface area contributed by atoms with Crippen molar-refractivity contribution in [3.05, 3.63) is 53.6 Å². The topological polar surface area (TPSA) is 48.0 Å². The van der Waals surface area contributed by atoms with E-state index >= 15 is 0 Å². The van der Waals surface area contributed by atoms with E-state index in [1.165, 1.54) is 0 Å². The van der Waals surface area contributed by atoms with Crippen molar-refractivity contribution in [3.8, 4) is 17.2 Å². The lowest BCUT2D eigenvalue weighted by atomic mass is 10.1.